The van der Waals surface area contributed by atoms with Crippen molar-refractivity contribution >= 4 is 5.91 Å². The van der Waals surface area contributed by atoms with Crippen LogP contribution in [-0.4, -0.2) is 62.1 Å². The molecule has 1 amide bonds. The lowest BCUT2D eigenvalue weighted by Gasteiger charge is -2.28. The summed E-state index contributed by atoms with van der Waals surface area (Å²) in [6.45, 7) is 12.0. The molecule has 7 heteroatoms. The van der Waals surface area contributed by atoms with Crippen LogP contribution in [0.1, 0.15) is 61.1 Å². The van der Waals surface area contributed by atoms with Crippen LogP contribution in [0.4, 0.5) is 0 Å². The van der Waals surface area contributed by atoms with E-state index >= 15 is 0 Å². The summed E-state index contributed by atoms with van der Waals surface area (Å²) in [5, 5.41) is 3.07. The Labute approximate surface area is 198 Å². The molecule has 2 aromatic rings. The number of amides is 1. The number of benzene rings is 1. The molecule has 1 aliphatic heterocycles. The van der Waals surface area contributed by atoms with E-state index in [1.807, 2.05) is 6.07 Å². The molecule has 7 nitrogen and oxygen atoms in total. The van der Waals surface area contributed by atoms with E-state index in [2.05, 4.69) is 48.0 Å². The van der Waals surface area contributed by atoms with Crippen LogP contribution in [0.5, 0.6) is 11.5 Å². The summed E-state index contributed by atoms with van der Waals surface area (Å²) < 4.78 is 16.8. The van der Waals surface area contributed by atoms with Crippen LogP contribution < -0.4 is 14.8 Å². The van der Waals surface area contributed by atoms with Crippen molar-refractivity contribution in [3.8, 4) is 11.5 Å². The first-order valence-corrected chi connectivity index (χ1v) is 12.0. The molecule has 1 aromatic carbocycles. The van der Waals surface area contributed by atoms with Crippen molar-refractivity contribution in [1.82, 2.24) is 15.1 Å². The number of nitrogens with one attached hydrogen (secondary N) is 1. The molecule has 33 heavy (non-hydrogen) atoms. The zero-order valence-electron chi connectivity index (χ0n) is 20.8. The van der Waals surface area contributed by atoms with Gasteiger partial charge in [0.2, 0.25) is 0 Å². The zero-order valence-corrected chi connectivity index (χ0v) is 20.8. The van der Waals surface area contributed by atoms with E-state index in [4.69, 9.17) is 13.9 Å². The van der Waals surface area contributed by atoms with Gasteiger partial charge in [0.15, 0.2) is 17.3 Å². The molecule has 0 fully saturated rings. The topological polar surface area (TPSA) is 67.2 Å². The van der Waals surface area contributed by atoms with Crippen molar-refractivity contribution < 1.29 is 18.7 Å². The zero-order chi connectivity index (χ0) is 23.8. The predicted octanol–water partition coefficient (Wildman–Crippen LogP) is 4.10. The second-order valence-corrected chi connectivity index (χ2v) is 8.75. The molecule has 0 saturated heterocycles. The highest BCUT2D eigenvalue weighted by Crippen LogP contribution is 2.33. The van der Waals surface area contributed by atoms with Gasteiger partial charge >= 0.3 is 0 Å². The molecule has 2 heterocycles. The Morgan fingerprint density at radius 3 is 2.52 bits per heavy atom. The highest BCUT2D eigenvalue weighted by atomic mass is 16.5. The molecule has 182 valence electrons. The molecule has 0 aliphatic carbocycles. The number of hydrogen-bond acceptors (Lipinski definition) is 6. The van der Waals surface area contributed by atoms with Crippen LogP contribution in [0.25, 0.3) is 0 Å². The van der Waals surface area contributed by atoms with E-state index in [0.29, 0.717) is 12.3 Å². The standard InChI is InChI=1S/C26H39N3O4/c1-6-28(7-2)13-8-9-19(3)27-26(30)23-11-10-22(33-23)18-29-14-12-20-15-24(31-4)25(32-5)16-21(20)17-29/h10-11,15-16,19H,6-9,12-14,17-18H2,1-5H3,(H,27,30). The lowest BCUT2D eigenvalue weighted by atomic mass is 9.98. The summed E-state index contributed by atoms with van der Waals surface area (Å²) in [5.41, 5.74) is 2.53. The fraction of sp³-hybridized carbons (Fsp3) is 0.577. The summed E-state index contributed by atoms with van der Waals surface area (Å²) in [7, 11) is 3.32. The number of ether oxygens (including phenoxy) is 2. The Balaban J connectivity index is 1.51. The first-order chi connectivity index (χ1) is 16.0. The van der Waals surface area contributed by atoms with Crippen molar-refractivity contribution in [2.45, 2.75) is 59.2 Å². The highest BCUT2D eigenvalue weighted by Gasteiger charge is 2.21. The first kappa shape index (κ1) is 25.1. The first-order valence-electron chi connectivity index (χ1n) is 12.0. The molecule has 0 bridgehead atoms. The molecule has 0 spiro atoms. The Morgan fingerprint density at radius 2 is 1.85 bits per heavy atom. The van der Waals surface area contributed by atoms with Gasteiger partial charge in [-0.1, -0.05) is 13.8 Å². The molecule has 1 aliphatic rings. The molecule has 3 rings (SSSR count). The smallest absolute Gasteiger partial charge is 0.287 e. The monoisotopic (exact) mass is 457 g/mol. The fourth-order valence-corrected chi connectivity index (χ4v) is 4.41. The highest BCUT2D eigenvalue weighted by molar-refractivity contribution is 5.91. The Hall–Kier alpha value is -2.51. The number of hydrogen-bond donors (Lipinski definition) is 1. The van der Waals surface area contributed by atoms with Crippen molar-refractivity contribution in [3.05, 3.63) is 46.9 Å². The van der Waals surface area contributed by atoms with Gasteiger partial charge in [-0.3, -0.25) is 9.69 Å². The summed E-state index contributed by atoms with van der Waals surface area (Å²) >= 11 is 0. The number of furan rings is 1. The lowest BCUT2D eigenvalue weighted by Crippen LogP contribution is -2.33. The molecule has 1 N–H and O–H groups in total. The molecule has 1 aromatic heterocycles. The largest absolute Gasteiger partial charge is 0.493 e. The van der Waals surface area contributed by atoms with Gasteiger partial charge in [0.25, 0.3) is 5.91 Å². The van der Waals surface area contributed by atoms with Crippen molar-refractivity contribution in [1.29, 1.82) is 0 Å². The molecular weight excluding hydrogens is 418 g/mol. The molecule has 1 unspecified atom stereocenters. The number of carbonyl (C=O) groups excluding carboxylic acids is 1. The second-order valence-electron chi connectivity index (χ2n) is 8.75. The molecule has 1 atom stereocenters. The van der Waals surface area contributed by atoms with Gasteiger partial charge in [-0.25, -0.2) is 0 Å². The van der Waals surface area contributed by atoms with Crippen molar-refractivity contribution in [2.24, 2.45) is 0 Å². The Kier molecular flexibility index (Phi) is 9.21. The quantitative estimate of drug-likeness (QED) is 0.518. The van der Waals surface area contributed by atoms with Gasteiger partial charge in [0.1, 0.15) is 5.76 Å². The number of nitrogens with zero attached hydrogens (tertiary/aromatic N) is 2. The number of methoxy groups -OCH3 is 2. The third-order valence-electron chi connectivity index (χ3n) is 6.45. The minimum atomic E-state index is -0.141. The number of carbonyl (C=O) groups is 1. The minimum Gasteiger partial charge on any atom is -0.493 e. The number of rotatable bonds is 12. The third-order valence-corrected chi connectivity index (χ3v) is 6.45. The van der Waals surface area contributed by atoms with Crippen LogP contribution in [-0.2, 0) is 19.5 Å². The maximum Gasteiger partial charge on any atom is 0.287 e. The van der Waals surface area contributed by atoms with Gasteiger partial charge in [0.05, 0.1) is 20.8 Å². The second kappa shape index (κ2) is 12.1. The van der Waals surface area contributed by atoms with Gasteiger partial charge in [0, 0.05) is 19.1 Å². The van der Waals surface area contributed by atoms with Crippen LogP contribution >= 0.6 is 0 Å². The maximum atomic E-state index is 12.6. The average Bonchev–Trinajstić information content (AvgIpc) is 3.29. The summed E-state index contributed by atoms with van der Waals surface area (Å²) in [4.78, 5) is 17.3. The fourth-order valence-electron chi connectivity index (χ4n) is 4.41. The Morgan fingerprint density at radius 1 is 1.15 bits per heavy atom. The van der Waals surface area contributed by atoms with E-state index in [9.17, 15) is 4.79 Å². The summed E-state index contributed by atoms with van der Waals surface area (Å²) in [6, 6.07) is 7.93. The summed E-state index contributed by atoms with van der Waals surface area (Å²) in [6.07, 6.45) is 2.96. The van der Waals surface area contributed by atoms with E-state index in [1.54, 1.807) is 20.3 Å². The van der Waals surface area contributed by atoms with E-state index in [-0.39, 0.29) is 11.9 Å². The van der Waals surface area contributed by atoms with Crippen LogP contribution in [0.3, 0.4) is 0 Å². The molecule has 0 saturated carbocycles. The van der Waals surface area contributed by atoms with Gasteiger partial charge in [-0.15, -0.1) is 0 Å². The molecular formula is C26H39N3O4. The van der Waals surface area contributed by atoms with Gasteiger partial charge in [-0.05, 0) is 81.2 Å². The number of fused-ring (bicyclic) bond motifs is 1. The van der Waals surface area contributed by atoms with Crippen molar-refractivity contribution in [2.75, 3.05) is 40.4 Å². The SMILES string of the molecule is CCN(CC)CCCC(C)NC(=O)c1ccc(CN2CCc3cc(OC)c(OC)cc3C2)o1. The van der Waals surface area contributed by atoms with Crippen LogP contribution in [0.15, 0.2) is 28.7 Å². The normalized spacial score (nSPS) is 14.7. The van der Waals surface area contributed by atoms with Crippen LogP contribution in [0, 0.1) is 0 Å². The average molecular weight is 458 g/mol. The predicted molar refractivity (Wildman–Crippen MR) is 130 cm³/mol. The maximum absolute atomic E-state index is 12.6. The Bertz CT molecular complexity index is 907. The van der Waals surface area contributed by atoms with Crippen molar-refractivity contribution in [3.63, 3.8) is 0 Å². The molecule has 0 radical (unpaired) electrons. The van der Waals surface area contributed by atoms with E-state index < -0.39 is 0 Å². The van der Waals surface area contributed by atoms with Crippen LogP contribution in [0.2, 0.25) is 0 Å². The minimum absolute atomic E-state index is 0.118. The lowest BCUT2D eigenvalue weighted by molar-refractivity contribution is 0.0904. The third kappa shape index (κ3) is 6.74. The summed E-state index contributed by atoms with van der Waals surface area (Å²) in [5.74, 6) is 2.56. The van der Waals surface area contributed by atoms with E-state index in [0.717, 1.165) is 69.2 Å². The van der Waals surface area contributed by atoms with E-state index in [1.165, 1.54) is 11.1 Å². The van der Waals surface area contributed by atoms with Gasteiger partial charge < -0.3 is 24.1 Å². The van der Waals surface area contributed by atoms with Gasteiger partial charge in [-0.2, -0.15) is 0 Å².